The quantitative estimate of drug-likeness (QED) is 0.464. The molecule has 12 heavy (non-hydrogen) atoms. The smallest absolute Gasteiger partial charge is 0.305 e. The van der Waals surface area contributed by atoms with Gasteiger partial charge in [-0.3, -0.25) is 4.79 Å². The van der Waals surface area contributed by atoms with E-state index in [1.54, 1.807) is 0 Å². The third-order valence-electron chi connectivity index (χ3n) is 1.37. The van der Waals surface area contributed by atoms with E-state index >= 15 is 0 Å². The highest BCUT2D eigenvalue weighted by Gasteiger charge is 2.05. The molecule has 0 aliphatic carbocycles. The highest BCUT2D eigenvalue weighted by Crippen LogP contribution is 1.90. The molecule has 0 unspecified atom stereocenters. The molecule has 0 spiro atoms. The fourth-order valence-electron chi connectivity index (χ4n) is 0.600. The van der Waals surface area contributed by atoms with Gasteiger partial charge in [0.25, 0.3) is 0 Å². The Kier molecular flexibility index (Phi) is 4.85. The molecule has 1 N–H and O–H groups in total. The number of hydrogen-bond donors (Lipinski definition) is 1. The number of ether oxygens (including phenoxy) is 1. The van der Waals surface area contributed by atoms with Crippen LogP contribution >= 0.6 is 0 Å². The van der Waals surface area contributed by atoms with Crippen molar-refractivity contribution in [2.24, 2.45) is 0 Å². The molecule has 0 saturated carbocycles. The Bertz CT molecular complexity index is 140. The molecule has 0 aliphatic rings. The van der Waals surface area contributed by atoms with Gasteiger partial charge in [0, 0.05) is 0 Å². The van der Waals surface area contributed by atoms with Crippen LogP contribution in [0, 0.1) is 0 Å². The van der Waals surface area contributed by atoms with Crippen molar-refractivity contribution in [1.82, 2.24) is 0 Å². The van der Waals surface area contributed by atoms with Crippen molar-refractivity contribution >= 4 is 5.97 Å². The summed E-state index contributed by atoms with van der Waals surface area (Å²) in [6, 6.07) is 0. The molecular formula is C8H18NO3+. The second-order valence-corrected chi connectivity index (χ2v) is 3.77. The Morgan fingerprint density at radius 2 is 1.92 bits per heavy atom. The summed E-state index contributed by atoms with van der Waals surface area (Å²) in [6.45, 7) is 1.84. The Labute approximate surface area is 73.3 Å². The lowest BCUT2D eigenvalue weighted by molar-refractivity contribution is -0.870. The lowest BCUT2D eigenvalue weighted by Gasteiger charge is -2.23. The predicted molar refractivity (Wildman–Crippen MR) is 46.0 cm³/mol. The second-order valence-electron chi connectivity index (χ2n) is 3.77. The van der Waals surface area contributed by atoms with Crippen molar-refractivity contribution in [2.75, 3.05) is 40.9 Å². The molecular weight excluding hydrogens is 158 g/mol. The first kappa shape index (κ1) is 11.4. The van der Waals surface area contributed by atoms with Crippen molar-refractivity contribution < 1.29 is 19.1 Å². The first-order chi connectivity index (χ1) is 5.42. The summed E-state index contributed by atoms with van der Waals surface area (Å²) in [4.78, 5) is 10.1. The van der Waals surface area contributed by atoms with E-state index < -0.39 is 5.97 Å². The summed E-state index contributed by atoms with van der Waals surface area (Å²) in [5.74, 6) is -0.805. The average molecular weight is 176 g/mol. The van der Waals surface area contributed by atoms with Crippen LogP contribution in [0.15, 0.2) is 0 Å². The molecule has 0 heterocycles. The van der Waals surface area contributed by atoms with E-state index in [0.717, 1.165) is 11.0 Å². The number of likely N-dealkylation sites (N-methyl/N-ethyl adjacent to an activating group) is 1. The third kappa shape index (κ3) is 9.39. The van der Waals surface area contributed by atoms with Crippen molar-refractivity contribution in [3.8, 4) is 0 Å². The highest BCUT2D eigenvalue weighted by atomic mass is 16.5. The molecule has 0 fully saturated rings. The van der Waals surface area contributed by atoms with E-state index in [4.69, 9.17) is 9.84 Å². The highest BCUT2D eigenvalue weighted by molar-refractivity contribution is 5.66. The van der Waals surface area contributed by atoms with Gasteiger partial charge >= 0.3 is 5.97 Å². The molecule has 4 nitrogen and oxygen atoms in total. The standard InChI is InChI=1S/C8H17NO3/c1-9(2,3)5-7-12-6-4-8(10)11/h4-7H2,1-3H3/p+1. The van der Waals surface area contributed by atoms with Crippen LogP contribution in [0.2, 0.25) is 0 Å². The lowest BCUT2D eigenvalue weighted by Crippen LogP contribution is -2.37. The van der Waals surface area contributed by atoms with Gasteiger partial charge in [0.2, 0.25) is 0 Å². The average Bonchev–Trinajstić information content (AvgIpc) is 1.83. The van der Waals surface area contributed by atoms with Gasteiger partial charge in [-0.25, -0.2) is 0 Å². The number of carboxylic acid groups (broad SMARTS) is 1. The number of hydrogen-bond acceptors (Lipinski definition) is 2. The topological polar surface area (TPSA) is 46.5 Å². The third-order valence-corrected chi connectivity index (χ3v) is 1.37. The van der Waals surface area contributed by atoms with Crippen LogP contribution in [0.3, 0.4) is 0 Å². The van der Waals surface area contributed by atoms with Crippen LogP contribution in [0.1, 0.15) is 6.42 Å². The Morgan fingerprint density at radius 3 is 2.33 bits per heavy atom. The molecule has 0 bridgehead atoms. The van der Waals surface area contributed by atoms with Gasteiger partial charge in [0.05, 0.1) is 40.8 Å². The minimum absolute atomic E-state index is 0.0944. The van der Waals surface area contributed by atoms with Crippen LogP contribution in [0.4, 0.5) is 0 Å². The van der Waals surface area contributed by atoms with E-state index in [1.807, 2.05) is 0 Å². The van der Waals surface area contributed by atoms with E-state index in [2.05, 4.69) is 21.1 Å². The van der Waals surface area contributed by atoms with E-state index in [0.29, 0.717) is 13.2 Å². The summed E-state index contributed by atoms with van der Waals surface area (Å²) in [5, 5.41) is 8.29. The van der Waals surface area contributed by atoms with Crippen molar-refractivity contribution in [1.29, 1.82) is 0 Å². The van der Waals surface area contributed by atoms with Crippen LogP contribution in [0.25, 0.3) is 0 Å². The number of carboxylic acids is 1. The van der Waals surface area contributed by atoms with Crippen LogP contribution in [-0.4, -0.2) is 56.5 Å². The number of rotatable bonds is 6. The van der Waals surface area contributed by atoms with E-state index in [-0.39, 0.29) is 6.42 Å². The summed E-state index contributed by atoms with van der Waals surface area (Å²) in [7, 11) is 6.21. The lowest BCUT2D eigenvalue weighted by atomic mass is 10.5. The zero-order valence-corrected chi connectivity index (χ0v) is 8.04. The first-order valence-corrected chi connectivity index (χ1v) is 4.02. The van der Waals surface area contributed by atoms with Gasteiger partial charge in [-0.2, -0.15) is 0 Å². The minimum atomic E-state index is -0.805. The zero-order valence-electron chi connectivity index (χ0n) is 8.04. The maximum atomic E-state index is 10.1. The molecule has 0 aromatic heterocycles. The Hall–Kier alpha value is -0.610. The van der Waals surface area contributed by atoms with Gasteiger partial charge in [-0.15, -0.1) is 0 Å². The van der Waals surface area contributed by atoms with E-state index in [1.165, 1.54) is 0 Å². The molecule has 0 amide bonds. The fraction of sp³-hybridized carbons (Fsp3) is 0.875. The van der Waals surface area contributed by atoms with Gasteiger partial charge < -0.3 is 14.3 Å². The van der Waals surface area contributed by atoms with Gasteiger partial charge in [-0.05, 0) is 0 Å². The first-order valence-electron chi connectivity index (χ1n) is 4.02. The summed E-state index contributed by atoms with van der Waals surface area (Å²) in [6.07, 6.45) is 0.0944. The van der Waals surface area contributed by atoms with Crippen molar-refractivity contribution in [3.63, 3.8) is 0 Å². The summed E-state index contributed by atoms with van der Waals surface area (Å²) < 4.78 is 5.96. The number of aliphatic carboxylic acids is 1. The molecule has 0 aromatic rings. The Balaban J connectivity index is 3.17. The number of nitrogens with zero attached hydrogens (tertiary/aromatic N) is 1. The zero-order chi connectivity index (χ0) is 9.61. The maximum absolute atomic E-state index is 10.1. The van der Waals surface area contributed by atoms with Gasteiger partial charge in [0.1, 0.15) is 6.54 Å². The maximum Gasteiger partial charge on any atom is 0.305 e. The SMILES string of the molecule is C[N+](C)(C)CCOCCC(=O)O. The van der Waals surface area contributed by atoms with Gasteiger partial charge in [-0.1, -0.05) is 0 Å². The largest absolute Gasteiger partial charge is 0.481 e. The summed E-state index contributed by atoms with van der Waals surface area (Å²) in [5.41, 5.74) is 0. The Morgan fingerprint density at radius 1 is 1.33 bits per heavy atom. The van der Waals surface area contributed by atoms with Crippen LogP contribution < -0.4 is 0 Å². The fourth-order valence-corrected chi connectivity index (χ4v) is 0.600. The number of carbonyl (C=O) groups is 1. The molecule has 0 saturated heterocycles. The molecule has 0 aliphatic heterocycles. The summed E-state index contributed by atoms with van der Waals surface area (Å²) >= 11 is 0. The number of quaternary nitrogens is 1. The molecule has 0 atom stereocenters. The monoisotopic (exact) mass is 176 g/mol. The van der Waals surface area contributed by atoms with Crippen LogP contribution in [0.5, 0.6) is 0 Å². The van der Waals surface area contributed by atoms with Crippen molar-refractivity contribution in [3.05, 3.63) is 0 Å². The second kappa shape index (κ2) is 5.11. The molecule has 0 radical (unpaired) electrons. The normalized spacial score (nSPS) is 11.6. The molecule has 4 heteroatoms. The minimum Gasteiger partial charge on any atom is -0.481 e. The molecule has 0 aromatic carbocycles. The van der Waals surface area contributed by atoms with Crippen molar-refractivity contribution in [2.45, 2.75) is 6.42 Å². The van der Waals surface area contributed by atoms with Gasteiger partial charge in [0.15, 0.2) is 0 Å². The van der Waals surface area contributed by atoms with E-state index in [9.17, 15) is 4.79 Å². The predicted octanol–water partition coefficient (Wildman–Crippen LogP) is 0.184. The van der Waals surface area contributed by atoms with Crippen LogP contribution in [-0.2, 0) is 9.53 Å². The molecule has 0 rings (SSSR count). The molecule has 72 valence electrons.